The van der Waals surface area contributed by atoms with E-state index in [1.54, 1.807) is 0 Å². The summed E-state index contributed by atoms with van der Waals surface area (Å²) in [4.78, 5) is 13.8. The van der Waals surface area contributed by atoms with E-state index in [1.807, 2.05) is 4.90 Å². The van der Waals surface area contributed by atoms with Crippen molar-refractivity contribution < 1.29 is 9.53 Å². The number of carbonyl (C=O) groups excluding carboxylic acids is 1. The second-order valence-electron chi connectivity index (χ2n) is 7.78. The van der Waals surface area contributed by atoms with Gasteiger partial charge in [-0.2, -0.15) is 0 Å². The topological polar surface area (TPSA) is 55.6 Å². The largest absolute Gasteiger partial charge is 0.370 e. The molecule has 1 amide bonds. The Hall–Kier alpha value is -0.610. The van der Waals surface area contributed by atoms with Gasteiger partial charge in [0.2, 0.25) is 5.91 Å². The lowest BCUT2D eigenvalue weighted by molar-refractivity contribution is -0.144. The number of nitrogens with zero attached hydrogens (tertiary/aromatic N) is 1. The average Bonchev–Trinajstić information content (AvgIpc) is 2.40. The highest BCUT2D eigenvalue weighted by Gasteiger charge is 2.53. The Kier molecular flexibility index (Phi) is 3.08. The summed E-state index contributed by atoms with van der Waals surface area (Å²) in [5.74, 6) is 2.89. The van der Waals surface area contributed by atoms with Crippen molar-refractivity contribution in [2.24, 2.45) is 28.9 Å². The predicted octanol–water partition coefficient (Wildman–Crippen LogP) is 1.39. The van der Waals surface area contributed by atoms with Crippen LogP contribution in [0, 0.1) is 23.2 Å². The molecular formula is C16H26N2O2. The van der Waals surface area contributed by atoms with Crippen LogP contribution < -0.4 is 5.73 Å². The van der Waals surface area contributed by atoms with Crippen LogP contribution >= 0.6 is 0 Å². The summed E-state index contributed by atoms with van der Waals surface area (Å²) in [6, 6.07) is 0.165. The average molecular weight is 278 g/mol. The molecule has 2 N–H and O–H groups in total. The molecule has 0 radical (unpaired) electrons. The molecule has 20 heavy (non-hydrogen) atoms. The van der Waals surface area contributed by atoms with Gasteiger partial charge in [-0.05, 0) is 61.7 Å². The number of morpholine rings is 1. The van der Waals surface area contributed by atoms with Gasteiger partial charge in [0.05, 0.1) is 6.61 Å². The van der Waals surface area contributed by atoms with Crippen LogP contribution in [0.15, 0.2) is 0 Å². The van der Waals surface area contributed by atoms with Gasteiger partial charge < -0.3 is 15.4 Å². The fraction of sp³-hybridized carbons (Fsp3) is 0.938. The Labute approximate surface area is 121 Å². The zero-order valence-corrected chi connectivity index (χ0v) is 12.2. The summed E-state index contributed by atoms with van der Waals surface area (Å²) in [6.45, 7) is 2.38. The third-order valence-corrected chi connectivity index (χ3v) is 6.37. The van der Waals surface area contributed by atoms with Gasteiger partial charge in [0.25, 0.3) is 0 Å². The molecule has 0 aromatic rings. The predicted molar refractivity (Wildman–Crippen MR) is 76.0 cm³/mol. The van der Waals surface area contributed by atoms with Gasteiger partial charge >= 0.3 is 0 Å². The smallest absolute Gasteiger partial charge is 0.248 e. The second-order valence-corrected chi connectivity index (χ2v) is 7.78. The molecule has 5 rings (SSSR count). The summed E-state index contributed by atoms with van der Waals surface area (Å²) < 4.78 is 5.21. The SMILES string of the molecule is NC(CN1CCOCC1=O)C12CC3CC(CC(C3)C1)C2. The number of rotatable bonds is 3. The number of hydrogen-bond acceptors (Lipinski definition) is 3. The number of nitrogens with two attached hydrogens (primary N) is 1. The third-order valence-electron chi connectivity index (χ3n) is 6.37. The van der Waals surface area contributed by atoms with Crippen LogP contribution in [0.3, 0.4) is 0 Å². The molecule has 0 aromatic heterocycles. The minimum Gasteiger partial charge on any atom is -0.370 e. The highest BCUT2D eigenvalue weighted by Crippen LogP contribution is 2.61. The van der Waals surface area contributed by atoms with Gasteiger partial charge in [0.15, 0.2) is 0 Å². The quantitative estimate of drug-likeness (QED) is 0.849. The molecule has 0 aromatic carbocycles. The van der Waals surface area contributed by atoms with Crippen molar-refractivity contribution in [1.29, 1.82) is 0 Å². The van der Waals surface area contributed by atoms with E-state index < -0.39 is 0 Å². The molecule has 1 atom stereocenters. The minimum absolute atomic E-state index is 0.122. The Morgan fingerprint density at radius 3 is 2.35 bits per heavy atom. The Bertz CT molecular complexity index is 374. The van der Waals surface area contributed by atoms with Gasteiger partial charge in [-0.25, -0.2) is 0 Å². The van der Waals surface area contributed by atoms with Crippen molar-refractivity contribution in [1.82, 2.24) is 4.90 Å². The first-order chi connectivity index (χ1) is 9.64. The molecule has 4 aliphatic carbocycles. The maximum atomic E-state index is 11.9. The molecule has 5 fully saturated rings. The van der Waals surface area contributed by atoms with Crippen molar-refractivity contribution in [3.05, 3.63) is 0 Å². The van der Waals surface area contributed by atoms with E-state index >= 15 is 0 Å². The molecule has 1 saturated heterocycles. The van der Waals surface area contributed by atoms with Gasteiger partial charge in [-0.3, -0.25) is 4.79 Å². The van der Waals surface area contributed by atoms with Crippen LogP contribution in [0.25, 0.3) is 0 Å². The molecular weight excluding hydrogens is 252 g/mol. The lowest BCUT2D eigenvalue weighted by Gasteiger charge is -2.59. The van der Waals surface area contributed by atoms with Crippen LogP contribution in [0.1, 0.15) is 38.5 Å². The third kappa shape index (κ3) is 2.08. The Morgan fingerprint density at radius 1 is 1.20 bits per heavy atom. The first kappa shape index (κ1) is 13.1. The standard InChI is InChI=1S/C16H26N2O2/c17-14(9-18-1-2-20-10-15(18)19)16-6-11-3-12(7-16)5-13(4-11)8-16/h11-14H,1-10,17H2. The van der Waals surface area contributed by atoms with Crippen molar-refractivity contribution >= 4 is 5.91 Å². The summed E-state index contributed by atoms with van der Waals surface area (Å²) in [5, 5.41) is 0. The number of hydrogen-bond donors (Lipinski definition) is 1. The van der Waals surface area contributed by atoms with Crippen LogP contribution in [-0.2, 0) is 9.53 Å². The zero-order chi connectivity index (χ0) is 13.7. The first-order valence-electron chi connectivity index (χ1n) is 8.26. The molecule has 4 heteroatoms. The number of carbonyl (C=O) groups is 1. The van der Waals surface area contributed by atoms with Crippen LogP contribution in [0.5, 0.6) is 0 Å². The molecule has 1 unspecified atom stereocenters. The van der Waals surface area contributed by atoms with Crippen molar-refractivity contribution in [3.8, 4) is 0 Å². The summed E-state index contributed by atoms with van der Waals surface area (Å²) in [5.41, 5.74) is 6.97. The molecule has 112 valence electrons. The molecule has 4 bridgehead atoms. The van der Waals surface area contributed by atoms with Gasteiger partial charge in [-0.15, -0.1) is 0 Å². The maximum absolute atomic E-state index is 11.9. The molecule has 5 aliphatic rings. The second kappa shape index (κ2) is 4.70. The monoisotopic (exact) mass is 278 g/mol. The summed E-state index contributed by atoms with van der Waals surface area (Å²) in [6.07, 6.45) is 8.30. The molecule has 4 saturated carbocycles. The van der Waals surface area contributed by atoms with Crippen molar-refractivity contribution in [2.45, 2.75) is 44.6 Å². The van der Waals surface area contributed by atoms with Gasteiger partial charge in [0.1, 0.15) is 6.61 Å². The van der Waals surface area contributed by atoms with E-state index in [1.165, 1.54) is 38.5 Å². The van der Waals surface area contributed by atoms with Crippen LogP contribution in [-0.4, -0.2) is 43.2 Å². The van der Waals surface area contributed by atoms with Crippen LogP contribution in [0.2, 0.25) is 0 Å². The molecule has 1 aliphatic heterocycles. The highest BCUT2D eigenvalue weighted by atomic mass is 16.5. The van der Waals surface area contributed by atoms with E-state index in [-0.39, 0.29) is 18.6 Å². The number of ether oxygens (including phenoxy) is 1. The molecule has 1 heterocycles. The minimum atomic E-state index is 0.122. The van der Waals surface area contributed by atoms with Gasteiger partial charge in [-0.1, -0.05) is 0 Å². The first-order valence-corrected chi connectivity index (χ1v) is 8.26. The fourth-order valence-corrected chi connectivity index (χ4v) is 5.81. The lowest BCUT2D eigenvalue weighted by atomic mass is 9.48. The summed E-state index contributed by atoms with van der Waals surface area (Å²) in [7, 11) is 0. The van der Waals surface area contributed by atoms with Gasteiger partial charge in [0, 0.05) is 19.1 Å². The van der Waals surface area contributed by atoms with E-state index in [2.05, 4.69) is 0 Å². The molecule has 4 nitrogen and oxygen atoms in total. The van der Waals surface area contributed by atoms with Crippen molar-refractivity contribution in [2.75, 3.05) is 26.3 Å². The fourth-order valence-electron chi connectivity index (χ4n) is 5.81. The Morgan fingerprint density at radius 2 is 1.80 bits per heavy atom. The Balaban J connectivity index is 1.47. The van der Waals surface area contributed by atoms with E-state index in [9.17, 15) is 4.79 Å². The van der Waals surface area contributed by atoms with Crippen LogP contribution in [0.4, 0.5) is 0 Å². The highest BCUT2D eigenvalue weighted by molar-refractivity contribution is 5.78. The van der Waals surface area contributed by atoms with E-state index in [0.717, 1.165) is 30.8 Å². The maximum Gasteiger partial charge on any atom is 0.248 e. The number of amides is 1. The lowest BCUT2D eigenvalue weighted by Crippen LogP contribution is -2.59. The van der Waals surface area contributed by atoms with E-state index in [4.69, 9.17) is 10.5 Å². The summed E-state index contributed by atoms with van der Waals surface area (Å²) >= 11 is 0. The molecule has 0 spiro atoms. The normalized spacial score (nSPS) is 45.0. The van der Waals surface area contributed by atoms with E-state index in [0.29, 0.717) is 12.0 Å². The van der Waals surface area contributed by atoms with Crippen molar-refractivity contribution in [3.63, 3.8) is 0 Å². The zero-order valence-electron chi connectivity index (χ0n) is 12.2.